The van der Waals surface area contributed by atoms with Crippen LogP contribution in [0.5, 0.6) is 0 Å². The van der Waals surface area contributed by atoms with Gasteiger partial charge in [0.2, 0.25) is 0 Å². The first-order valence-electron chi connectivity index (χ1n) is 3.49. The molecular formula is C7H2Cl3N3O. The van der Waals surface area contributed by atoms with Gasteiger partial charge in [0.15, 0.2) is 10.8 Å². The second-order valence-corrected chi connectivity index (χ2v) is 3.61. The third-order valence-electron chi connectivity index (χ3n) is 1.59. The van der Waals surface area contributed by atoms with E-state index in [9.17, 15) is 4.79 Å². The Bertz CT molecular complexity index is 522. The molecule has 0 unspecified atom stereocenters. The Morgan fingerprint density at radius 3 is 2.79 bits per heavy atom. The van der Waals surface area contributed by atoms with Gasteiger partial charge in [-0.2, -0.15) is 5.10 Å². The molecule has 0 aliphatic heterocycles. The predicted octanol–water partition coefficient (Wildman–Crippen LogP) is 2.42. The smallest absolute Gasteiger partial charge is 0.272 e. The van der Waals surface area contributed by atoms with E-state index in [2.05, 4.69) is 10.1 Å². The third-order valence-corrected chi connectivity index (χ3v) is 2.25. The first-order valence-corrected chi connectivity index (χ1v) is 4.62. The molecule has 14 heavy (non-hydrogen) atoms. The first-order chi connectivity index (χ1) is 6.59. The van der Waals surface area contributed by atoms with E-state index in [-0.39, 0.29) is 10.8 Å². The summed E-state index contributed by atoms with van der Waals surface area (Å²) in [5.74, 6) is 0. The monoisotopic (exact) mass is 249 g/mol. The van der Waals surface area contributed by atoms with Crippen LogP contribution >= 0.6 is 34.8 Å². The average molecular weight is 250 g/mol. The minimum atomic E-state index is -0.664. The highest BCUT2D eigenvalue weighted by molar-refractivity contribution is 6.67. The van der Waals surface area contributed by atoms with Gasteiger partial charge in [-0.3, -0.25) is 4.79 Å². The van der Waals surface area contributed by atoms with Crippen molar-refractivity contribution >= 4 is 45.7 Å². The zero-order valence-corrected chi connectivity index (χ0v) is 8.81. The van der Waals surface area contributed by atoms with E-state index in [1.807, 2.05) is 0 Å². The molecule has 0 fully saturated rings. The second kappa shape index (κ2) is 3.38. The number of carbonyl (C=O) groups excluding carboxylic acids is 1. The molecule has 72 valence electrons. The Hall–Kier alpha value is -0.840. The Balaban J connectivity index is 2.85. The molecule has 0 aliphatic rings. The topological polar surface area (TPSA) is 47.3 Å². The zero-order chi connectivity index (χ0) is 10.3. The highest BCUT2D eigenvalue weighted by atomic mass is 35.5. The fraction of sp³-hybridized carbons (Fsp3) is 0. The van der Waals surface area contributed by atoms with Crippen molar-refractivity contribution in [1.82, 2.24) is 14.6 Å². The van der Waals surface area contributed by atoms with E-state index in [0.717, 1.165) is 0 Å². The summed E-state index contributed by atoms with van der Waals surface area (Å²) in [6.07, 6.45) is 1.29. The zero-order valence-electron chi connectivity index (χ0n) is 6.54. The van der Waals surface area contributed by atoms with Gasteiger partial charge in [0, 0.05) is 0 Å². The molecule has 0 aromatic carbocycles. The van der Waals surface area contributed by atoms with Crippen LogP contribution in [0.15, 0.2) is 12.3 Å². The van der Waals surface area contributed by atoms with Gasteiger partial charge < -0.3 is 0 Å². The highest BCUT2D eigenvalue weighted by Crippen LogP contribution is 2.20. The van der Waals surface area contributed by atoms with Gasteiger partial charge in [-0.25, -0.2) is 9.50 Å². The summed E-state index contributed by atoms with van der Waals surface area (Å²) in [6, 6.07) is 1.44. The molecule has 4 nitrogen and oxygen atoms in total. The molecule has 0 N–H and O–H groups in total. The molecule has 2 aromatic heterocycles. The molecular weight excluding hydrogens is 248 g/mol. The maximum absolute atomic E-state index is 10.9. The molecule has 7 heteroatoms. The number of fused-ring (bicyclic) bond motifs is 1. The van der Waals surface area contributed by atoms with Crippen LogP contribution in [-0.2, 0) is 0 Å². The quantitative estimate of drug-likeness (QED) is 0.730. The number of rotatable bonds is 1. The minimum Gasteiger partial charge on any atom is -0.274 e. The largest absolute Gasteiger partial charge is 0.274 e. The Morgan fingerprint density at radius 1 is 1.43 bits per heavy atom. The molecule has 0 spiro atoms. The van der Waals surface area contributed by atoms with Crippen molar-refractivity contribution in [3.05, 3.63) is 28.1 Å². The van der Waals surface area contributed by atoms with E-state index in [1.165, 1.54) is 16.8 Å². The predicted molar refractivity (Wildman–Crippen MR) is 53.2 cm³/mol. The highest BCUT2D eigenvalue weighted by Gasteiger charge is 2.13. The molecule has 0 atom stereocenters. The van der Waals surface area contributed by atoms with Crippen LogP contribution in [0.2, 0.25) is 10.2 Å². The van der Waals surface area contributed by atoms with Crippen LogP contribution in [0, 0.1) is 0 Å². The van der Waals surface area contributed by atoms with Crippen LogP contribution in [0.1, 0.15) is 10.5 Å². The van der Waals surface area contributed by atoms with Crippen LogP contribution in [0.25, 0.3) is 5.65 Å². The van der Waals surface area contributed by atoms with Gasteiger partial charge >= 0.3 is 0 Å². The van der Waals surface area contributed by atoms with Crippen molar-refractivity contribution in [2.75, 3.05) is 0 Å². The van der Waals surface area contributed by atoms with Crippen molar-refractivity contribution < 1.29 is 4.79 Å². The van der Waals surface area contributed by atoms with Gasteiger partial charge in [0.25, 0.3) is 5.24 Å². The maximum atomic E-state index is 10.9. The summed E-state index contributed by atoms with van der Waals surface area (Å²) >= 11 is 16.8. The summed E-state index contributed by atoms with van der Waals surface area (Å²) in [6.45, 7) is 0. The number of nitrogens with zero attached hydrogens (tertiary/aromatic N) is 3. The lowest BCUT2D eigenvalue weighted by molar-refractivity contribution is 0.107. The summed E-state index contributed by atoms with van der Waals surface area (Å²) in [7, 11) is 0. The van der Waals surface area contributed by atoms with Crippen molar-refractivity contribution in [3.8, 4) is 0 Å². The molecule has 2 aromatic rings. The van der Waals surface area contributed by atoms with Crippen molar-refractivity contribution in [2.24, 2.45) is 0 Å². The lowest BCUT2D eigenvalue weighted by Gasteiger charge is -1.97. The van der Waals surface area contributed by atoms with Gasteiger partial charge in [-0.05, 0) is 17.7 Å². The van der Waals surface area contributed by atoms with Crippen LogP contribution in [-0.4, -0.2) is 19.8 Å². The number of halogens is 3. The molecule has 0 radical (unpaired) electrons. The van der Waals surface area contributed by atoms with Crippen molar-refractivity contribution in [3.63, 3.8) is 0 Å². The van der Waals surface area contributed by atoms with E-state index >= 15 is 0 Å². The lowest BCUT2D eigenvalue weighted by Crippen LogP contribution is -2.00. The molecule has 0 aliphatic carbocycles. The van der Waals surface area contributed by atoms with Gasteiger partial charge in [0.05, 0.1) is 11.2 Å². The second-order valence-electron chi connectivity index (χ2n) is 2.47. The molecule has 2 heterocycles. The third kappa shape index (κ3) is 1.45. The minimum absolute atomic E-state index is 0.131. The normalized spacial score (nSPS) is 10.8. The van der Waals surface area contributed by atoms with E-state index in [1.54, 1.807) is 0 Å². The Labute approximate surface area is 93.4 Å². The Kier molecular flexibility index (Phi) is 2.34. The van der Waals surface area contributed by atoms with E-state index in [4.69, 9.17) is 34.8 Å². The van der Waals surface area contributed by atoms with Crippen LogP contribution in [0.4, 0.5) is 0 Å². The van der Waals surface area contributed by atoms with E-state index < -0.39 is 5.24 Å². The maximum Gasteiger partial charge on any atom is 0.272 e. The van der Waals surface area contributed by atoms with Crippen molar-refractivity contribution in [2.45, 2.75) is 0 Å². The summed E-state index contributed by atoms with van der Waals surface area (Å²) in [5, 5.41) is 3.66. The molecule has 0 saturated heterocycles. The molecule has 0 amide bonds. The van der Waals surface area contributed by atoms with Crippen molar-refractivity contribution in [1.29, 1.82) is 0 Å². The molecule has 0 bridgehead atoms. The molecule has 2 rings (SSSR count). The first kappa shape index (κ1) is 9.71. The lowest BCUT2D eigenvalue weighted by atomic mass is 10.5. The van der Waals surface area contributed by atoms with Gasteiger partial charge in [-0.1, -0.05) is 23.2 Å². The fourth-order valence-corrected chi connectivity index (χ4v) is 1.64. The number of carbonyl (C=O) groups is 1. The Morgan fingerprint density at radius 2 is 2.14 bits per heavy atom. The van der Waals surface area contributed by atoms with Crippen LogP contribution < -0.4 is 0 Å². The standard InChI is InChI=1S/C7H2Cl3N3O/c8-3-1-5(9)12-13-4(6(10)14)2-11-7(3)13/h1-2H. The summed E-state index contributed by atoms with van der Waals surface area (Å²) < 4.78 is 1.21. The summed E-state index contributed by atoms with van der Waals surface area (Å²) in [5.41, 5.74) is 0.478. The van der Waals surface area contributed by atoms with Gasteiger partial charge in [0.1, 0.15) is 5.69 Å². The number of aromatic nitrogens is 3. The number of imidazole rings is 1. The average Bonchev–Trinajstić information content (AvgIpc) is 2.47. The van der Waals surface area contributed by atoms with E-state index in [0.29, 0.717) is 10.7 Å². The van der Waals surface area contributed by atoms with Gasteiger partial charge in [-0.15, -0.1) is 0 Å². The fourth-order valence-electron chi connectivity index (χ4n) is 1.04. The summed E-state index contributed by atoms with van der Waals surface area (Å²) in [4.78, 5) is 14.8. The SMILES string of the molecule is O=C(Cl)c1cnc2c(Cl)cc(Cl)nn12. The molecule has 0 saturated carbocycles. The van der Waals surface area contributed by atoms with Crippen LogP contribution in [0.3, 0.4) is 0 Å². The number of hydrogen-bond donors (Lipinski definition) is 0. The number of hydrogen-bond acceptors (Lipinski definition) is 3.